The second-order valence-electron chi connectivity index (χ2n) is 6.66. The maximum absolute atomic E-state index is 13.3. The molecule has 0 unspecified atom stereocenters. The zero-order valence-electron chi connectivity index (χ0n) is 17.0. The number of amides is 1. The van der Waals surface area contributed by atoms with Gasteiger partial charge in [0, 0.05) is 11.8 Å². The van der Waals surface area contributed by atoms with Crippen molar-refractivity contribution in [2.45, 2.75) is 38.5 Å². The lowest BCUT2D eigenvalue weighted by Crippen LogP contribution is -2.36. The van der Waals surface area contributed by atoms with Gasteiger partial charge in [0.25, 0.3) is 10.0 Å². The fourth-order valence-electron chi connectivity index (χ4n) is 3.22. The number of ether oxygens (including phenoxy) is 1. The van der Waals surface area contributed by atoms with Crippen LogP contribution in [0.3, 0.4) is 0 Å². The monoisotopic (exact) mass is 429 g/mol. The van der Waals surface area contributed by atoms with Gasteiger partial charge in [-0.2, -0.15) is 0 Å². The number of anilines is 1. The van der Waals surface area contributed by atoms with E-state index in [4.69, 9.17) is 9.15 Å². The average Bonchev–Trinajstić information content (AvgIpc) is 3.04. The van der Waals surface area contributed by atoms with E-state index in [0.717, 1.165) is 4.31 Å². The van der Waals surface area contributed by atoms with E-state index >= 15 is 0 Å². The molecule has 158 valence electrons. The molecule has 0 atom stereocenters. The lowest BCUT2D eigenvalue weighted by atomic mass is 10.1. The number of sulfonamides is 1. The lowest BCUT2D eigenvalue weighted by molar-refractivity contribution is -0.117. The van der Waals surface area contributed by atoms with Crippen molar-refractivity contribution in [1.29, 1.82) is 0 Å². The second-order valence-corrected chi connectivity index (χ2v) is 8.45. The Balaban J connectivity index is 2.20. The third-order valence-corrected chi connectivity index (χ3v) is 6.30. The van der Waals surface area contributed by atoms with Crippen molar-refractivity contribution < 1.29 is 27.2 Å². The van der Waals surface area contributed by atoms with Gasteiger partial charge in [0.2, 0.25) is 5.91 Å². The minimum atomic E-state index is -4.14. The summed E-state index contributed by atoms with van der Waals surface area (Å²) >= 11 is 0. The van der Waals surface area contributed by atoms with Gasteiger partial charge in [0.15, 0.2) is 0 Å². The van der Waals surface area contributed by atoms with E-state index in [2.05, 4.69) is 0 Å². The summed E-state index contributed by atoms with van der Waals surface area (Å²) < 4.78 is 38.1. The minimum absolute atomic E-state index is 0.00328. The Morgan fingerprint density at radius 3 is 2.40 bits per heavy atom. The topological polar surface area (TPSA) is 93.9 Å². The quantitative estimate of drug-likeness (QED) is 0.516. The maximum atomic E-state index is 13.3. The number of carbonyl (C=O) groups is 2. The van der Waals surface area contributed by atoms with Crippen molar-refractivity contribution in [2.24, 2.45) is 0 Å². The highest BCUT2D eigenvalue weighted by Gasteiger charge is 2.31. The van der Waals surface area contributed by atoms with Gasteiger partial charge in [-0.3, -0.25) is 4.79 Å². The minimum Gasteiger partial charge on any atom is -0.462 e. The van der Waals surface area contributed by atoms with Gasteiger partial charge in [0.05, 0.1) is 17.2 Å². The number of hydrogen-bond acceptors (Lipinski definition) is 6. The van der Waals surface area contributed by atoms with Crippen LogP contribution in [0.5, 0.6) is 0 Å². The normalized spacial score (nSPS) is 11.4. The van der Waals surface area contributed by atoms with E-state index in [1.54, 1.807) is 45.0 Å². The summed E-state index contributed by atoms with van der Waals surface area (Å²) in [7, 11) is -4.14. The highest BCUT2D eigenvalue weighted by molar-refractivity contribution is 7.93. The zero-order chi connectivity index (χ0) is 21.9. The van der Waals surface area contributed by atoms with Crippen LogP contribution in [0.2, 0.25) is 0 Å². The molecule has 3 rings (SSSR count). The fraction of sp³-hybridized carbons (Fsp3) is 0.273. The summed E-state index contributed by atoms with van der Waals surface area (Å²) in [4.78, 5) is 25.3. The third-order valence-electron chi connectivity index (χ3n) is 4.53. The van der Waals surface area contributed by atoms with Crippen molar-refractivity contribution in [3.8, 4) is 0 Å². The number of aryl methyl sites for hydroxylation is 1. The predicted octanol–water partition coefficient (Wildman–Crippen LogP) is 4.44. The van der Waals surface area contributed by atoms with Crippen LogP contribution in [0.1, 0.15) is 42.8 Å². The first kappa shape index (κ1) is 21.6. The van der Waals surface area contributed by atoms with Crippen LogP contribution in [0.25, 0.3) is 11.0 Å². The number of nitrogens with zero attached hydrogens (tertiary/aromatic N) is 1. The summed E-state index contributed by atoms with van der Waals surface area (Å²) in [6.07, 6.45) is 0.542. The predicted molar refractivity (Wildman–Crippen MR) is 113 cm³/mol. The van der Waals surface area contributed by atoms with E-state index in [-0.39, 0.29) is 29.2 Å². The molecular formula is C22H23NO6S. The number of furan rings is 1. The fourth-order valence-corrected chi connectivity index (χ4v) is 4.68. The molecule has 1 aromatic heterocycles. The summed E-state index contributed by atoms with van der Waals surface area (Å²) in [5.41, 5.74) is 0.754. The number of esters is 1. The molecule has 0 saturated carbocycles. The van der Waals surface area contributed by atoms with Crippen molar-refractivity contribution in [1.82, 2.24) is 0 Å². The molecule has 30 heavy (non-hydrogen) atoms. The summed E-state index contributed by atoms with van der Waals surface area (Å²) in [5, 5.41) is 0.390. The van der Waals surface area contributed by atoms with E-state index in [1.807, 2.05) is 0 Å². The van der Waals surface area contributed by atoms with Crippen molar-refractivity contribution in [3.05, 3.63) is 59.9 Å². The molecule has 1 heterocycles. The first-order valence-corrected chi connectivity index (χ1v) is 11.1. The molecule has 0 fully saturated rings. The molecule has 0 aliphatic heterocycles. The smallest absolute Gasteiger partial charge is 0.342 e. The molecule has 3 aromatic rings. The molecule has 7 nitrogen and oxygen atoms in total. The first-order chi connectivity index (χ1) is 14.3. The molecule has 0 radical (unpaired) electrons. The van der Waals surface area contributed by atoms with Crippen LogP contribution < -0.4 is 4.31 Å². The first-order valence-electron chi connectivity index (χ1n) is 9.64. The van der Waals surface area contributed by atoms with Crippen LogP contribution in [0.15, 0.2) is 57.8 Å². The highest BCUT2D eigenvalue weighted by atomic mass is 32.2. The molecule has 0 bridgehead atoms. The lowest BCUT2D eigenvalue weighted by Gasteiger charge is -2.22. The second kappa shape index (κ2) is 8.71. The summed E-state index contributed by atoms with van der Waals surface area (Å²) in [6.45, 7) is 5.31. The summed E-state index contributed by atoms with van der Waals surface area (Å²) in [6, 6.07) is 12.3. The molecule has 0 aliphatic rings. The van der Waals surface area contributed by atoms with Gasteiger partial charge in [-0.05, 0) is 50.6 Å². The Kier molecular flexibility index (Phi) is 6.26. The van der Waals surface area contributed by atoms with Gasteiger partial charge >= 0.3 is 5.97 Å². The van der Waals surface area contributed by atoms with E-state index in [9.17, 15) is 18.0 Å². The third kappa shape index (κ3) is 3.95. The largest absolute Gasteiger partial charge is 0.462 e. The van der Waals surface area contributed by atoms with Crippen LogP contribution in [0, 0.1) is 6.92 Å². The van der Waals surface area contributed by atoms with Gasteiger partial charge < -0.3 is 9.15 Å². The van der Waals surface area contributed by atoms with Crippen LogP contribution >= 0.6 is 0 Å². The number of fused-ring (bicyclic) bond motifs is 1. The Bertz CT molecular complexity index is 1180. The molecule has 8 heteroatoms. The Labute approximate surface area is 175 Å². The SMILES string of the molecule is CCCC(=O)N(c1ccc2oc(C)c(C(=O)OCC)c2c1)S(=O)(=O)c1ccccc1. The van der Waals surface area contributed by atoms with E-state index < -0.39 is 21.9 Å². The molecule has 2 aromatic carbocycles. The van der Waals surface area contributed by atoms with Gasteiger partial charge in [-0.1, -0.05) is 25.1 Å². The Morgan fingerprint density at radius 2 is 1.77 bits per heavy atom. The molecular weight excluding hydrogens is 406 g/mol. The van der Waals surface area contributed by atoms with Crippen molar-refractivity contribution >= 4 is 38.6 Å². The molecule has 1 amide bonds. The van der Waals surface area contributed by atoms with E-state index in [1.165, 1.54) is 24.3 Å². The maximum Gasteiger partial charge on any atom is 0.342 e. The van der Waals surface area contributed by atoms with Gasteiger partial charge in [-0.25, -0.2) is 17.5 Å². The molecule has 0 N–H and O–H groups in total. The molecule has 0 spiro atoms. The summed E-state index contributed by atoms with van der Waals surface area (Å²) in [5.74, 6) is -0.764. The Morgan fingerprint density at radius 1 is 1.07 bits per heavy atom. The molecule has 0 aliphatic carbocycles. The van der Waals surface area contributed by atoms with E-state index in [0.29, 0.717) is 23.2 Å². The number of hydrogen-bond donors (Lipinski definition) is 0. The number of benzene rings is 2. The number of rotatable bonds is 7. The van der Waals surface area contributed by atoms with Crippen LogP contribution in [-0.4, -0.2) is 26.9 Å². The van der Waals surface area contributed by atoms with Crippen molar-refractivity contribution in [3.63, 3.8) is 0 Å². The Hall–Kier alpha value is -3.13. The average molecular weight is 429 g/mol. The standard InChI is InChI=1S/C22H23NO6S/c1-4-9-20(24)23(30(26,27)17-10-7-6-8-11-17)16-12-13-19-18(14-16)21(15(3)29-19)22(25)28-5-2/h6-8,10-14H,4-5,9H2,1-3H3. The molecule has 0 saturated heterocycles. The zero-order valence-corrected chi connectivity index (χ0v) is 17.9. The highest BCUT2D eigenvalue weighted by Crippen LogP contribution is 2.33. The van der Waals surface area contributed by atoms with Crippen LogP contribution in [-0.2, 0) is 19.6 Å². The number of carbonyl (C=O) groups excluding carboxylic acids is 2. The van der Waals surface area contributed by atoms with Gasteiger partial charge in [-0.15, -0.1) is 0 Å². The van der Waals surface area contributed by atoms with Crippen LogP contribution in [0.4, 0.5) is 5.69 Å². The van der Waals surface area contributed by atoms with Crippen molar-refractivity contribution in [2.75, 3.05) is 10.9 Å². The van der Waals surface area contributed by atoms with Gasteiger partial charge in [0.1, 0.15) is 16.9 Å².